The van der Waals surface area contributed by atoms with Crippen molar-refractivity contribution < 1.29 is 18.3 Å². The van der Waals surface area contributed by atoms with Crippen LogP contribution in [0.25, 0.3) is 0 Å². The maximum Gasteiger partial charge on any atom is 0.235 e. The van der Waals surface area contributed by atoms with Crippen molar-refractivity contribution in [2.45, 2.75) is 26.9 Å². The van der Waals surface area contributed by atoms with E-state index in [-0.39, 0.29) is 24.2 Å². The molecule has 0 radical (unpaired) electrons. The summed E-state index contributed by atoms with van der Waals surface area (Å²) in [6, 6.07) is 4.64. The first kappa shape index (κ1) is 14.8. The van der Waals surface area contributed by atoms with Crippen molar-refractivity contribution in [1.82, 2.24) is 0 Å². The van der Waals surface area contributed by atoms with E-state index in [0.717, 1.165) is 0 Å². The standard InChI is InChI=1S/C12H19NO4S/c1-9(2)17-6-7-18(15,16)13-11-5-4-10(3)12(14)8-11/h4-5,8-9,13-14H,6-7H2,1-3H3. The fourth-order valence-electron chi connectivity index (χ4n) is 1.30. The molecule has 1 aromatic rings. The summed E-state index contributed by atoms with van der Waals surface area (Å²) >= 11 is 0. The van der Waals surface area contributed by atoms with Gasteiger partial charge in [0, 0.05) is 6.07 Å². The predicted octanol–water partition coefficient (Wildman–Crippen LogP) is 1.87. The fraction of sp³-hybridized carbons (Fsp3) is 0.500. The van der Waals surface area contributed by atoms with Crippen LogP contribution < -0.4 is 4.72 Å². The second-order valence-corrected chi connectivity index (χ2v) is 6.18. The minimum absolute atomic E-state index is 0.00335. The number of ether oxygens (including phenoxy) is 1. The van der Waals surface area contributed by atoms with Crippen molar-refractivity contribution in [2.24, 2.45) is 0 Å². The van der Waals surface area contributed by atoms with Crippen molar-refractivity contribution in [2.75, 3.05) is 17.1 Å². The molecule has 0 fully saturated rings. The zero-order chi connectivity index (χ0) is 13.8. The number of aryl methyl sites for hydroxylation is 1. The average molecular weight is 273 g/mol. The number of hydrogen-bond donors (Lipinski definition) is 2. The largest absolute Gasteiger partial charge is 0.508 e. The van der Waals surface area contributed by atoms with Gasteiger partial charge in [-0.25, -0.2) is 8.42 Å². The molecule has 0 aromatic heterocycles. The molecule has 0 bridgehead atoms. The third-order valence-electron chi connectivity index (χ3n) is 2.29. The summed E-state index contributed by atoms with van der Waals surface area (Å²) in [5.74, 6) is -0.0477. The molecule has 0 spiro atoms. The minimum atomic E-state index is -3.45. The van der Waals surface area contributed by atoms with Crippen molar-refractivity contribution in [3.05, 3.63) is 23.8 Å². The quantitative estimate of drug-likeness (QED) is 0.829. The number of phenolic OH excluding ortho intramolecular Hbond substituents is 1. The van der Waals surface area contributed by atoms with E-state index >= 15 is 0 Å². The third-order valence-corrected chi connectivity index (χ3v) is 3.54. The number of phenols is 1. The fourth-order valence-corrected chi connectivity index (χ4v) is 2.20. The molecule has 0 saturated carbocycles. The maximum absolute atomic E-state index is 11.7. The van der Waals surface area contributed by atoms with Gasteiger partial charge in [0.2, 0.25) is 10.0 Å². The van der Waals surface area contributed by atoms with Crippen LogP contribution in [0.3, 0.4) is 0 Å². The van der Waals surface area contributed by atoms with Crippen molar-refractivity contribution in [3.63, 3.8) is 0 Å². The van der Waals surface area contributed by atoms with Crippen LogP contribution in [0.15, 0.2) is 18.2 Å². The number of rotatable bonds is 6. The van der Waals surface area contributed by atoms with Crippen LogP contribution in [-0.2, 0) is 14.8 Å². The first-order valence-corrected chi connectivity index (χ1v) is 7.37. The summed E-state index contributed by atoms with van der Waals surface area (Å²) in [5.41, 5.74) is 1.05. The number of hydrogen-bond acceptors (Lipinski definition) is 4. The number of aromatic hydroxyl groups is 1. The average Bonchev–Trinajstić information content (AvgIpc) is 2.22. The maximum atomic E-state index is 11.7. The van der Waals surface area contributed by atoms with Gasteiger partial charge in [0.1, 0.15) is 5.75 Å². The number of nitrogens with one attached hydrogen (secondary N) is 1. The highest BCUT2D eigenvalue weighted by molar-refractivity contribution is 7.92. The highest BCUT2D eigenvalue weighted by Crippen LogP contribution is 2.21. The second kappa shape index (κ2) is 6.06. The van der Waals surface area contributed by atoms with Crippen LogP contribution >= 0.6 is 0 Å². The highest BCUT2D eigenvalue weighted by atomic mass is 32.2. The van der Waals surface area contributed by atoms with Gasteiger partial charge in [0.15, 0.2) is 0 Å². The summed E-state index contributed by atoms with van der Waals surface area (Å²) in [5, 5.41) is 9.49. The van der Waals surface area contributed by atoms with Crippen LogP contribution in [0.4, 0.5) is 5.69 Å². The monoisotopic (exact) mass is 273 g/mol. The molecule has 0 atom stereocenters. The van der Waals surface area contributed by atoms with Gasteiger partial charge >= 0.3 is 0 Å². The van der Waals surface area contributed by atoms with Gasteiger partial charge in [-0.1, -0.05) is 6.07 Å². The van der Waals surface area contributed by atoms with E-state index in [1.807, 2.05) is 13.8 Å². The van der Waals surface area contributed by atoms with Gasteiger partial charge in [-0.05, 0) is 32.4 Å². The van der Waals surface area contributed by atoms with Gasteiger partial charge in [0.25, 0.3) is 0 Å². The van der Waals surface area contributed by atoms with Crippen molar-refractivity contribution in [1.29, 1.82) is 0 Å². The van der Waals surface area contributed by atoms with E-state index in [0.29, 0.717) is 11.3 Å². The van der Waals surface area contributed by atoms with Gasteiger partial charge in [0.05, 0.1) is 24.2 Å². The molecule has 0 aliphatic heterocycles. The summed E-state index contributed by atoms with van der Waals surface area (Å²) in [7, 11) is -3.45. The highest BCUT2D eigenvalue weighted by Gasteiger charge is 2.11. The molecular weight excluding hydrogens is 254 g/mol. The molecule has 6 heteroatoms. The summed E-state index contributed by atoms with van der Waals surface area (Å²) in [6.07, 6.45) is 0.00335. The molecule has 2 N–H and O–H groups in total. The molecule has 0 amide bonds. The van der Waals surface area contributed by atoms with Crippen LogP contribution in [0.2, 0.25) is 0 Å². The van der Waals surface area contributed by atoms with Crippen molar-refractivity contribution in [3.8, 4) is 5.75 Å². The van der Waals surface area contributed by atoms with Crippen LogP contribution in [0.5, 0.6) is 5.75 Å². The predicted molar refractivity (Wildman–Crippen MR) is 71.3 cm³/mol. The normalized spacial score (nSPS) is 11.8. The smallest absolute Gasteiger partial charge is 0.235 e. The van der Waals surface area contributed by atoms with Gasteiger partial charge < -0.3 is 9.84 Å². The zero-order valence-electron chi connectivity index (χ0n) is 10.8. The molecule has 0 saturated heterocycles. The number of anilines is 1. The number of benzene rings is 1. The Balaban J connectivity index is 2.62. The Morgan fingerprint density at radius 3 is 2.61 bits per heavy atom. The molecule has 18 heavy (non-hydrogen) atoms. The first-order valence-electron chi connectivity index (χ1n) is 5.72. The molecule has 1 rings (SSSR count). The lowest BCUT2D eigenvalue weighted by atomic mass is 10.2. The molecule has 0 heterocycles. The summed E-state index contributed by atoms with van der Waals surface area (Å²) in [6.45, 7) is 5.57. The zero-order valence-corrected chi connectivity index (χ0v) is 11.6. The SMILES string of the molecule is Cc1ccc(NS(=O)(=O)CCOC(C)C)cc1O. The van der Waals surface area contributed by atoms with E-state index in [1.165, 1.54) is 6.07 Å². The minimum Gasteiger partial charge on any atom is -0.508 e. The summed E-state index contributed by atoms with van der Waals surface area (Å²) in [4.78, 5) is 0. The van der Waals surface area contributed by atoms with Gasteiger partial charge in [-0.15, -0.1) is 0 Å². The lowest BCUT2D eigenvalue weighted by Gasteiger charge is -2.10. The molecule has 102 valence electrons. The lowest BCUT2D eigenvalue weighted by molar-refractivity contribution is 0.0913. The van der Waals surface area contributed by atoms with Crippen molar-refractivity contribution >= 4 is 15.7 Å². The Morgan fingerprint density at radius 1 is 1.39 bits per heavy atom. The van der Waals surface area contributed by atoms with E-state index in [2.05, 4.69) is 4.72 Å². The Bertz CT molecular complexity index is 497. The second-order valence-electron chi connectivity index (χ2n) is 4.34. The molecule has 1 aromatic carbocycles. The molecule has 5 nitrogen and oxygen atoms in total. The number of sulfonamides is 1. The molecule has 0 aliphatic carbocycles. The Kier molecular flexibility index (Phi) is 4.98. The lowest BCUT2D eigenvalue weighted by Crippen LogP contribution is -2.21. The van der Waals surface area contributed by atoms with Gasteiger partial charge in [-0.3, -0.25) is 4.72 Å². The first-order chi connectivity index (χ1) is 8.30. The van der Waals surface area contributed by atoms with Crippen LogP contribution in [0.1, 0.15) is 19.4 Å². The van der Waals surface area contributed by atoms with Crippen LogP contribution in [-0.4, -0.2) is 32.0 Å². The van der Waals surface area contributed by atoms with E-state index < -0.39 is 10.0 Å². The molecule has 0 unspecified atom stereocenters. The van der Waals surface area contributed by atoms with Crippen LogP contribution in [0, 0.1) is 6.92 Å². The van der Waals surface area contributed by atoms with Gasteiger partial charge in [-0.2, -0.15) is 0 Å². The Labute approximate surface area is 108 Å². The van der Waals surface area contributed by atoms with E-state index in [4.69, 9.17) is 4.74 Å². The van der Waals surface area contributed by atoms with E-state index in [1.54, 1.807) is 19.1 Å². The molecule has 0 aliphatic rings. The van der Waals surface area contributed by atoms with E-state index in [9.17, 15) is 13.5 Å². The third kappa shape index (κ3) is 4.93. The molecular formula is C12H19NO4S. The topological polar surface area (TPSA) is 75.6 Å². The Morgan fingerprint density at radius 2 is 2.06 bits per heavy atom. The Hall–Kier alpha value is -1.27. The summed E-state index contributed by atoms with van der Waals surface area (Å²) < 4.78 is 31.0.